The van der Waals surface area contributed by atoms with Crippen molar-refractivity contribution in [2.45, 2.75) is 32.9 Å². The SMILES string of the molecule is CC1CC(C)N(Cc2nc3ccc(N)cc3[nH]2)C1. The molecular weight excluding hydrogens is 224 g/mol. The number of hydrogen-bond acceptors (Lipinski definition) is 3. The molecule has 0 bridgehead atoms. The minimum absolute atomic E-state index is 0.651. The molecule has 0 radical (unpaired) electrons. The van der Waals surface area contributed by atoms with Crippen LogP contribution in [-0.4, -0.2) is 27.5 Å². The van der Waals surface area contributed by atoms with Gasteiger partial charge in [0.1, 0.15) is 5.82 Å². The second-order valence-corrected chi connectivity index (χ2v) is 5.58. The van der Waals surface area contributed by atoms with Crippen LogP contribution in [0.5, 0.6) is 0 Å². The third-order valence-corrected chi connectivity index (χ3v) is 3.82. The van der Waals surface area contributed by atoms with Gasteiger partial charge < -0.3 is 10.7 Å². The van der Waals surface area contributed by atoms with Crippen LogP contribution < -0.4 is 5.73 Å². The Bertz CT molecular complexity index is 560. The van der Waals surface area contributed by atoms with Crippen molar-refractivity contribution in [3.8, 4) is 0 Å². The van der Waals surface area contributed by atoms with E-state index in [2.05, 4.69) is 28.7 Å². The number of benzene rings is 1. The molecule has 0 saturated carbocycles. The van der Waals surface area contributed by atoms with Crippen LogP contribution in [-0.2, 0) is 6.54 Å². The van der Waals surface area contributed by atoms with Crippen molar-refractivity contribution in [3.05, 3.63) is 24.0 Å². The van der Waals surface area contributed by atoms with Crippen LogP contribution >= 0.6 is 0 Å². The number of H-pyrrole nitrogens is 1. The third-order valence-electron chi connectivity index (χ3n) is 3.82. The van der Waals surface area contributed by atoms with E-state index < -0.39 is 0 Å². The van der Waals surface area contributed by atoms with E-state index in [-0.39, 0.29) is 0 Å². The molecule has 2 aromatic rings. The van der Waals surface area contributed by atoms with E-state index in [0.29, 0.717) is 6.04 Å². The van der Waals surface area contributed by atoms with Crippen LogP contribution in [0.15, 0.2) is 18.2 Å². The van der Waals surface area contributed by atoms with Crippen molar-refractivity contribution in [1.29, 1.82) is 0 Å². The number of rotatable bonds is 2. The Balaban J connectivity index is 1.82. The standard InChI is InChI=1S/C14H20N4/c1-9-5-10(2)18(7-9)8-14-16-12-4-3-11(15)6-13(12)17-14/h3-4,6,9-10H,5,7-8,15H2,1-2H3,(H,16,17). The third kappa shape index (κ3) is 2.08. The fraction of sp³-hybridized carbons (Fsp3) is 0.500. The number of aromatic amines is 1. The summed E-state index contributed by atoms with van der Waals surface area (Å²) in [5, 5.41) is 0. The second kappa shape index (κ2) is 4.28. The molecule has 1 fully saturated rings. The van der Waals surface area contributed by atoms with Gasteiger partial charge in [0.15, 0.2) is 0 Å². The average Bonchev–Trinajstić information content (AvgIpc) is 2.82. The van der Waals surface area contributed by atoms with Gasteiger partial charge in [0.25, 0.3) is 0 Å². The molecule has 1 saturated heterocycles. The first-order valence-electron chi connectivity index (χ1n) is 6.60. The zero-order valence-corrected chi connectivity index (χ0v) is 11.0. The molecule has 0 spiro atoms. The number of nitrogens with two attached hydrogens (primary N) is 1. The van der Waals surface area contributed by atoms with Crippen molar-refractivity contribution in [1.82, 2.24) is 14.9 Å². The molecule has 0 aliphatic carbocycles. The van der Waals surface area contributed by atoms with E-state index in [1.54, 1.807) is 0 Å². The lowest BCUT2D eigenvalue weighted by Crippen LogP contribution is -2.27. The summed E-state index contributed by atoms with van der Waals surface area (Å²) < 4.78 is 0. The molecule has 4 nitrogen and oxygen atoms in total. The number of nitrogens with one attached hydrogen (secondary N) is 1. The normalized spacial score (nSPS) is 25.0. The first-order chi connectivity index (χ1) is 8.61. The Kier molecular flexibility index (Phi) is 2.74. The lowest BCUT2D eigenvalue weighted by molar-refractivity contribution is 0.251. The topological polar surface area (TPSA) is 57.9 Å². The monoisotopic (exact) mass is 244 g/mol. The highest BCUT2D eigenvalue weighted by Crippen LogP contribution is 2.24. The number of fused-ring (bicyclic) bond motifs is 1. The Morgan fingerprint density at radius 2 is 2.28 bits per heavy atom. The summed E-state index contributed by atoms with van der Waals surface area (Å²) >= 11 is 0. The summed E-state index contributed by atoms with van der Waals surface area (Å²) in [7, 11) is 0. The number of likely N-dealkylation sites (tertiary alicyclic amines) is 1. The molecule has 1 aromatic carbocycles. The minimum Gasteiger partial charge on any atom is -0.399 e. The quantitative estimate of drug-likeness (QED) is 0.797. The summed E-state index contributed by atoms with van der Waals surface area (Å²) in [5.41, 5.74) is 8.59. The van der Waals surface area contributed by atoms with Gasteiger partial charge in [-0.25, -0.2) is 4.98 Å². The molecule has 96 valence electrons. The first-order valence-corrected chi connectivity index (χ1v) is 6.60. The van der Waals surface area contributed by atoms with E-state index >= 15 is 0 Å². The van der Waals surface area contributed by atoms with Gasteiger partial charge in [0.2, 0.25) is 0 Å². The molecule has 2 atom stereocenters. The highest BCUT2D eigenvalue weighted by atomic mass is 15.2. The van der Waals surface area contributed by atoms with Crippen LogP contribution in [0.4, 0.5) is 5.69 Å². The van der Waals surface area contributed by atoms with E-state index in [4.69, 9.17) is 5.73 Å². The molecule has 1 aliphatic heterocycles. The second-order valence-electron chi connectivity index (χ2n) is 5.58. The summed E-state index contributed by atoms with van der Waals surface area (Å²) in [4.78, 5) is 10.5. The van der Waals surface area contributed by atoms with Gasteiger partial charge in [-0.15, -0.1) is 0 Å². The Morgan fingerprint density at radius 3 is 3.00 bits per heavy atom. The van der Waals surface area contributed by atoms with Gasteiger partial charge in [-0.3, -0.25) is 4.90 Å². The lowest BCUT2D eigenvalue weighted by Gasteiger charge is -2.19. The van der Waals surface area contributed by atoms with Crippen molar-refractivity contribution >= 4 is 16.7 Å². The minimum atomic E-state index is 0.651. The smallest absolute Gasteiger partial charge is 0.121 e. The van der Waals surface area contributed by atoms with Gasteiger partial charge in [-0.05, 0) is 37.5 Å². The van der Waals surface area contributed by atoms with Crippen LogP contribution in [0.3, 0.4) is 0 Å². The lowest BCUT2D eigenvalue weighted by atomic mass is 10.1. The molecule has 2 heterocycles. The Hall–Kier alpha value is -1.55. The summed E-state index contributed by atoms with van der Waals surface area (Å²) in [6.07, 6.45) is 1.28. The van der Waals surface area contributed by atoms with E-state index in [9.17, 15) is 0 Å². The summed E-state index contributed by atoms with van der Waals surface area (Å²) in [5.74, 6) is 1.83. The predicted molar refractivity (Wildman–Crippen MR) is 74.2 cm³/mol. The molecule has 2 unspecified atom stereocenters. The average molecular weight is 244 g/mol. The zero-order chi connectivity index (χ0) is 12.7. The molecule has 1 aliphatic rings. The number of imidazole rings is 1. The van der Waals surface area contributed by atoms with Gasteiger partial charge in [0, 0.05) is 18.3 Å². The van der Waals surface area contributed by atoms with Gasteiger partial charge in [0.05, 0.1) is 17.6 Å². The van der Waals surface area contributed by atoms with Crippen molar-refractivity contribution in [2.24, 2.45) is 5.92 Å². The van der Waals surface area contributed by atoms with Crippen molar-refractivity contribution in [3.63, 3.8) is 0 Å². The zero-order valence-electron chi connectivity index (χ0n) is 11.0. The number of hydrogen-bond donors (Lipinski definition) is 2. The van der Waals surface area contributed by atoms with Crippen LogP contribution in [0.25, 0.3) is 11.0 Å². The van der Waals surface area contributed by atoms with E-state index in [1.165, 1.54) is 13.0 Å². The number of nitrogens with zero attached hydrogens (tertiary/aromatic N) is 2. The molecule has 18 heavy (non-hydrogen) atoms. The predicted octanol–water partition coefficient (Wildman–Crippen LogP) is 2.38. The maximum absolute atomic E-state index is 5.78. The Morgan fingerprint density at radius 1 is 1.44 bits per heavy atom. The summed E-state index contributed by atoms with van der Waals surface area (Å²) in [6.45, 7) is 6.68. The van der Waals surface area contributed by atoms with Gasteiger partial charge in [-0.1, -0.05) is 6.92 Å². The molecule has 3 N–H and O–H groups in total. The molecule has 4 heteroatoms. The van der Waals surface area contributed by atoms with Crippen molar-refractivity contribution in [2.75, 3.05) is 12.3 Å². The van der Waals surface area contributed by atoms with E-state index in [0.717, 1.165) is 35.0 Å². The fourth-order valence-corrected chi connectivity index (χ4v) is 2.95. The number of aromatic nitrogens is 2. The fourth-order valence-electron chi connectivity index (χ4n) is 2.95. The van der Waals surface area contributed by atoms with Crippen LogP contribution in [0.2, 0.25) is 0 Å². The van der Waals surface area contributed by atoms with Crippen LogP contribution in [0.1, 0.15) is 26.1 Å². The van der Waals surface area contributed by atoms with Crippen LogP contribution in [0, 0.1) is 5.92 Å². The maximum atomic E-state index is 5.78. The first kappa shape index (κ1) is 11.5. The Labute approximate surface area is 107 Å². The number of anilines is 1. The van der Waals surface area contributed by atoms with Gasteiger partial charge >= 0.3 is 0 Å². The van der Waals surface area contributed by atoms with Gasteiger partial charge in [-0.2, -0.15) is 0 Å². The molecule has 0 amide bonds. The van der Waals surface area contributed by atoms with Crippen molar-refractivity contribution < 1.29 is 0 Å². The molecule has 3 rings (SSSR count). The highest BCUT2D eigenvalue weighted by molar-refractivity contribution is 5.78. The van der Waals surface area contributed by atoms with E-state index in [1.807, 2.05) is 18.2 Å². The highest BCUT2D eigenvalue weighted by Gasteiger charge is 2.26. The number of nitrogen functional groups attached to an aromatic ring is 1. The summed E-state index contributed by atoms with van der Waals surface area (Å²) in [6, 6.07) is 6.47. The molecular formula is C14H20N4. The maximum Gasteiger partial charge on any atom is 0.121 e. The molecule has 1 aromatic heterocycles. The largest absolute Gasteiger partial charge is 0.399 e.